The molecule has 0 aliphatic carbocycles. The van der Waals surface area contributed by atoms with Crippen LogP contribution in [0.25, 0.3) is 0 Å². The SMILES string of the molecule is CC(C)(C)CC(=O)N1CCC(NC(=O)c2ccc(Cl)cc2)CC1. The minimum atomic E-state index is -0.0823. The second-order valence-electron chi connectivity index (χ2n) is 7.37. The number of nitrogens with one attached hydrogen (secondary N) is 1. The van der Waals surface area contributed by atoms with Gasteiger partial charge in [-0.05, 0) is 42.5 Å². The van der Waals surface area contributed by atoms with Crippen molar-refractivity contribution in [1.82, 2.24) is 10.2 Å². The second kappa shape index (κ2) is 7.35. The summed E-state index contributed by atoms with van der Waals surface area (Å²) in [5, 5.41) is 3.66. The van der Waals surface area contributed by atoms with Crippen molar-refractivity contribution < 1.29 is 9.59 Å². The lowest BCUT2D eigenvalue weighted by molar-refractivity contribution is -0.134. The molecule has 0 spiro atoms. The molecule has 5 heteroatoms. The van der Waals surface area contributed by atoms with Gasteiger partial charge in [-0.1, -0.05) is 32.4 Å². The number of amides is 2. The minimum absolute atomic E-state index is 0.0106. The summed E-state index contributed by atoms with van der Waals surface area (Å²) in [6.45, 7) is 7.64. The molecule has 1 heterocycles. The Bertz CT molecular complexity index is 555. The maximum Gasteiger partial charge on any atom is 0.251 e. The summed E-state index contributed by atoms with van der Waals surface area (Å²) in [7, 11) is 0. The van der Waals surface area contributed by atoms with Gasteiger partial charge >= 0.3 is 0 Å². The van der Waals surface area contributed by atoms with Crippen LogP contribution in [0, 0.1) is 5.41 Å². The number of carbonyl (C=O) groups is 2. The molecule has 0 radical (unpaired) electrons. The van der Waals surface area contributed by atoms with E-state index in [0.717, 1.165) is 12.8 Å². The number of benzene rings is 1. The van der Waals surface area contributed by atoms with Gasteiger partial charge in [-0.25, -0.2) is 0 Å². The normalized spacial score (nSPS) is 16.3. The topological polar surface area (TPSA) is 49.4 Å². The van der Waals surface area contributed by atoms with E-state index in [9.17, 15) is 9.59 Å². The van der Waals surface area contributed by atoms with E-state index >= 15 is 0 Å². The molecule has 1 aliphatic rings. The highest BCUT2D eigenvalue weighted by molar-refractivity contribution is 6.30. The predicted octanol–water partition coefficient (Wildman–Crippen LogP) is 3.50. The monoisotopic (exact) mass is 336 g/mol. The highest BCUT2D eigenvalue weighted by atomic mass is 35.5. The molecule has 0 aromatic heterocycles. The van der Waals surface area contributed by atoms with Crippen LogP contribution in [0.4, 0.5) is 0 Å². The molecule has 1 aromatic carbocycles. The van der Waals surface area contributed by atoms with Crippen LogP contribution < -0.4 is 5.32 Å². The van der Waals surface area contributed by atoms with Gasteiger partial charge in [0.1, 0.15) is 0 Å². The fraction of sp³-hybridized carbons (Fsp3) is 0.556. The second-order valence-corrected chi connectivity index (χ2v) is 7.81. The van der Waals surface area contributed by atoms with Gasteiger partial charge < -0.3 is 10.2 Å². The Morgan fingerprint density at radius 1 is 1.17 bits per heavy atom. The van der Waals surface area contributed by atoms with E-state index in [-0.39, 0.29) is 23.3 Å². The molecule has 23 heavy (non-hydrogen) atoms. The molecule has 4 nitrogen and oxygen atoms in total. The molecule has 2 rings (SSSR count). The Kier molecular flexibility index (Phi) is 5.69. The van der Waals surface area contributed by atoms with Crippen molar-refractivity contribution >= 4 is 23.4 Å². The largest absolute Gasteiger partial charge is 0.349 e. The van der Waals surface area contributed by atoms with Crippen molar-refractivity contribution in [3.8, 4) is 0 Å². The van der Waals surface area contributed by atoms with Crippen molar-refractivity contribution in [3.63, 3.8) is 0 Å². The van der Waals surface area contributed by atoms with Crippen LogP contribution in [-0.2, 0) is 4.79 Å². The summed E-state index contributed by atoms with van der Waals surface area (Å²) in [4.78, 5) is 26.3. The first kappa shape index (κ1) is 17.8. The molecular weight excluding hydrogens is 312 g/mol. The zero-order chi connectivity index (χ0) is 17.0. The quantitative estimate of drug-likeness (QED) is 0.918. The molecule has 0 bridgehead atoms. The fourth-order valence-corrected chi connectivity index (χ4v) is 2.83. The molecule has 1 saturated heterocycles. The van der Waals surface area contributed by atoms with Gasteiger partial charge in [-0.15, -0.1) is 0 Å². The highest BCUT2D eigenvalue weighted by Gasteiger charge is 2.26. The average Bonchev–Trinajstić information content (AvgIpc) is 2.46. The first-order valence-corrected chi connectivity index (χ1v) is 8.46. The summed E-state index contributed by atoms with van der Waals surface area (Å²) in [6, 6.07) is 6.99. The van der Waals surface area contributed by atoms with E-state index in [1.165, 1.54) is 0 Å². The van der Waals surface area contributed by atoms with E-state index in [2.05, 4.69) is 26.1 Å². The van der Waals surface area contributed by atoms with Gasteiger partial charge in [0.25, 0.3) is 5.91 Å². The van der Waals surface area contributed by atoms with E-state index in [1.807, 2.05) is 4.90 Å². The van der Waals surface area contributed by atoms with Crippen LogP contribution in [0.3, 0.4) is 0 Å². The lowest BCUT2D eigenvalue weighted by Gasteiger charge is -2.34. The number of rotatable bonds is 3. The average molecular weight is 337 g/mol. The number of carbonyl (C=O) groups excluding carboxylic acids is 2. The van der Waals surface area contributed by atoms with E-state index in [4.69, 9.17) is 11.6 Å². The third kappa shape index (κ3) is 5.54. The summed E-state index contributed by atoms with van der Waals surface area (Å²) >= 11 is 5.83. The van der Waals surface area contributed by atoms with Crippen LogP contribution in [0.15, 0.2) is 24.3 Å². The van der Waals surface area contributed by atoms with Crippen LogP contribution >= 0.6 is 11.6 Å². The van der Waals surface area contributed by atoms with Gasteiger partial charge in [0.15, 0.2) is 0 Å². The molecule has 1 aromatic rings. The van der Waals surface area contributed by atoms with Crippen molar-refractivity contribution in [2.45, 2.75) is 46.1 Å². The number of likely N-dealkylation sites (tertiary alicyclic amines) is 1. The maximum atomic E-state index is 12.2. The Morgan fingerprint density at radius 2 is 1.74 bits per heavy atom. The molecule has 126 valence electrons. The molecule has 0 atom stereocenters. The first-order valence-electron chi connectivity index (χ1n) is 8.09. The van der Waals surface area contributed by atoms with Crippen LogP contribution in [0.2, 0.25) is 5.02 Å². The van der Waals surface area contributed by atoms with E-state index < -0.39 is 0 Å². The highest BCUT2D eigenvalue weighted by Crippen LogP contribution is 2.21. The molecule has 2 amide bonds. The van der Waals surface area contributed by atoms with E-state index in [1.54, 1.807) is 24.3 Å². The third-order valence-electron chi connectivity index (χ3n) is 3.97. The van der Waals surface area contributed by atoms with Crippen LogP contribution in [-0.4, -0.2) is 35.8 Å². The summed E-state index contributed by atoms with van der Waals surface area (Å²) < 4.78 is 0. The predicted molar refractivity (Wildman–Crippen MR) is 92.6 cm³/mol. The Hall–Kier alpha value is -1.55. The lowest BCUT2D eigenvalue weighted by Crippen LogP contribution is -2.47. The van der Waals surface area contributed by atoms with Crippen molar-refractivity contribution in [2.24, 2.45) is 5.41 Å². The van der Waals surface area contributed by atoms with E-state index in [0.29, 0.717) is 30.1 Å². The Labute approximate surface area is 143 Å². The number of halogens is 1. The first-order chi connectivity index (χ1) is 10.7. The molecular formula is C18H25ClN2O2. The summed E-state index contributed by atoms with van der Waals surface area (Å²) in [6.07, 6.45) is 2.17. The van der Waals surface area contributed by atoms with Crippen LogP contribution in [0.1, 0.15) is 50.4 Å². The standard InChI is InChI=1S/C18H25ClN2O2/c1-18(2,3)12-16(22)21-10-8-15(9-11-21)20-17(23)13-4-6-14(19)7-5-13/h4-7,15H,8-12H2,1-3H3,(H,20,23). The van der Waals surface area contributed by atoms with Crippen molar-refractivity contribution in [2.75, 3.05) is 13.1 Å². The third-order valence-corrected chi connectivity index (χ3v) is 4.22. The van der Waals surface area contributed by atoms with Crippen LogP contribution in [0.5, 0.6) is 0 Å². The zero-order valence-corrected chi connectivity index (χ0v) is 14.8. The van der Waals surface area contributed by atoms with Gasteiger partial charge in [0.05, 0.1) is 0 Å². The Balaban J connectivity index is 1.81. The molecule has 0 unspecified atom stereocenters. The molecule has 0 saturated carbocycles. The number of hydrogen-bond donors (Lipinski definition) is 1. The summed E-state index contributed by atoms with van der Waals surface area (Å²) in [5.74, 6) is 0.126. The van der Waals surface area contributed by atoms with Gasteiger partial charge in [-0.2, -0.15) is 0 Å². The summed E-state index contributed by atoms with van der Waals surface area (Å²) in [5.41, 5.74) is 0.622. The van der Waals surface area contributed by atoms with Crippen molar-refractivity contribution in [3.05, 3.63) is 34.9 Å². The number of nitrogens with zero attached hydrogens (tertiary/aromatic N) is 1. The van der Waals surface area contributed by atoms with Crippen molar-refractivity contribution in [1.29, 1.82) is 0 Å². The zero-order valence-electron chi connectivity index (χ0n) is 14.1. The van der Waals surface area contributed by atoms with Gasteiger partial charge in [0.2, 0.25) is 5.91 Å². The molecule has 1 aliphatic heterocycles. The van der Waals surface area contributed by atoms with Gasteiger partial charge in [0, 0.05) is 36.1 Å². The van der Waals surface area contributed by atoms with Gasteiger partial charge in [-0.3, -0.25) is 9.59 Å². The molecule has 1 fully saturated rings. The maximum absolute atomic E-state index is 12.2. The smallest absolute Gasteiger partial charge is 0.251 e. The lowest BCUT2D eigenvalue weighted by atomic mass is 9.91. The Morgan fingerprint density at radius 3 is 2.26 bits per heavy atom. The molecule has 1 N–H and O–H groups in total. The fourth-order valence-electron chi connectivity index (χ4n) is 2.71. The number of hydrogen-bond acceptors (Lipinski definition) is 2. The number of piperidine rings is 1. The minimum Gasteiger partial charge on any atom is -0.349 e.